The first-order valence-corrected chi connectivity index (χ1v) is 13.5. The van der Waals surface area contributed by atoms with E-state index in [1.807, 2.05) is 0 Å². The fraction of sp³-hybridized carbons (Fsp3) is 0.633. The lowest BCUT2D eigenvalue weighted by Crippen LogP contribution is -2.31. The van der Waals surface area contributed by atoms with Crippen LogP contribution in [0.2, 0.25) is 0 Å². The predicted octanol–water partition coefficient (Wildman–Crippen LogP) is 9.13. The lowest BCUT2D eigenvalue weighted by Gasteiger charge is -2.39. The number of pyridine rings is 1. The number of hydrogen-bond acceptors (Lipinski definition) is 2. The second-order valence-electron chi connectivity index (χ2n) is 11.9. The third-order valence-corrected chi connectivity index (χ3v) is 8.70. The van der Waals surface area contributed by atoms with Crippen molar-refractivity contribution in [2.75, 3.05) is 7.11 Å². The average molecular weight is 504 g/mol. The van der Waals surface area contributed by atoms with Gasteiger partial charge in [0, 0.05) is 29.8 Å². The summed E-state index contributed by atoms with van der Waals surface area (Å²) >= 11 is 0. The van der Waals surface area contributed by atoms with Gasteiger partial charge in [-0.05, 0) is 73.1 Å². The number of nitrogens with zero attached hydrogens (tertiary/aromatic N) is 1. The zero-order valence-corrected chi connectivity index (χ0v) is 21.6. The molecule has 3 aliphatic carbocycles. The molecule has 1 heterocycles. The van der Waals surface area contributed by atoms with E-state index in [0.717, 1.165) is 98.9 Å². The normalized spacial score (nSPS) is 23.7. The van der Waals surface area contributed by atoms with E-state index < -0.39 is 17.9 Å². The van der Waals surface area contributed by atoms with E-state index in [0.29, 0.717) is 5.56 Å². The fourth-order valence-corrected chi connectivity index (χ4v) is 6.97. The number of benzene rings is 1. The first kappa shape index (κ1) is 25.7. The minimum absolute atomic E-state index is 0.0324. The largest absolute Gasteiger partial charge is 0.416 e. The van der Waals surface area contributed by atoms with E-state index in [1.165, 1.54) is 12.1 Å². The molecule has 0 aliphatic heterocycles. The SMILES string of the molecule is CO[C@H]1CC(C)(C)Cc2nc(C3CCCC3)c([C@@H](F)c3ccc(C(F)(F)F)cc3)c(C3CCCC3)c21. The van der Waals surface area contributed by atoms with Crippen LogP contribution in [0.15, 0.2) is 24.3 Å². The minimum atomic E-state index is -4.44. The number of aromatic nitrogens is 1. The molecule has 0 N–H and O–H groups in total. The van der Waals surface area contributed by atoms with Crippen molar-refractivity contribution in [3.05, 3.63) is 63.5 Å². The molecule has 2 atom stereocenters. The highest BCUT2D eigenvalue weighted by molar-refractivity contribution is 5.51. The molecule has 0 saturated heterocycles. The van der Waals surface area contributed by atoms with Gasteiger partial charge in [-0.15, -0.1) is 0 Å². The molecule has 2 aromatic rings. The van der Waals surface area contributed by atoms with E-state index >= 15 is 4.39 Å². The summed E-state index contributed by atoms with van der Waals surface area (Å²) in [5.74, 6) is 0.438. The third-order valence-electron chi connectivity index (χ3n) is 8.70. The maximum atomic E-state index is 16.7. The summed E-state index contributed by atoms with van der Waals surface area (Å²) in [4.78, 5) is 5.22. The number of fused-ring (bicyclic) bond motifs is 1. The van der Waals surface area contributed by atoms with E-state index in [9.17, 15) is 13.2 Å². The van der Waals surface area contributed by atoms with Crippen molar-refractivity contribution in [3.8, 4) is 0 Å². The average Bonchev–Trinajstić information content (AvgIpc) is 3.55. The molecule has 1 aromatic carbocycles. The van der Waals surface area contributed by atoms with Crippen molar-refractivity contribution in [3.63, 3.8) is 0 Å². The van der Waals surface area contributed by atoms with Crippen LogP contribution in [-0.2, 0) is 17.3 Å². The number of alkyl halides is 4. The topological polar surface area (TPSA) is 22.1 Å². The van der Waals surface area contributed by atoms with Gasteiger partial charge < -0.3 is 4.74 Å². The first-order chi connectivity index (χ1) is 17.1. The van der Waals surface area contributed by atoms with Crippen molar-refractivity contribution >= 4 is 0 Å². The van der Waals surface area contributed by atoms with Gasteiger partial charge in [0.05, 0.1) is 17.4 Å². The van der Waals surface area contributed by atoms with Crippen LogP contribution < -0.4 is 0 Å². The van der Waals surface area contributed by atoms with Crippen molar-refractivity contribution < 1.29 is 22.3 Å². The zero-order valence-electron chi connectivity index (χ0n) is 21.6. The molecule has 0 unspecified atom stereocenters. The minimum Gasteiger partial charge on any atom is -0.377 e. The van der Waals surface area contributed by atoms with Crippen LogP contribution in [0.25, 0.3) is 0 Å². The predicted molar refractivity (Wildman–Crippen MR) is 133 cm³/mol. The Kier molecular flexibility index (Phi) is 6.95. The first-order valence-electron chi connectivity index (χ1n) is 13.5. The number of rotatable bonds is 5. The van der Waals surface area contributed by atoms with Crippen LogP contribution in [0.5, 0.6) is 0 Å². The summed E-state index contributed by atoms with van der Waals surface area (Å²) in [7, 11) is 1.72. The summed E-state index contributed by atoms with van der Waals surface area (Å²) < 4.78 is 62.3. The van der Waals surface area contributed by atoms with Crippen LogP contribution in [0.1, 0.15) is 135 Å². The lowest BCUT2D eigenvalue weighted by molar-refractivity contribution is -0.137. The fourth-order valence-electron chi connectivity index (χ4n) is 6.97. The van der Waals surface area contributed by atoms with Crippen LogP contribution >= 0.6 is 0 Å². The molecule has 3 aliphatic rings. The summed E-state index contributed by atoms with van der Waals surface area (Å²) in [5.41, 5.74) is 4.21. The maximum Gasteiger partial charge on any atom is 0.416 e. The van der Waals surface area contributed by atoms with Gasteiger partial charge in [-0.1, -0.05) is 51.7 Å². The molecule has 196 valence electrons. The van der Waals surface area contributed by atoms with Gasteiger partial charge in [0.2, 0.25) is 0 Å². The zero-order chi connectivity index (χ0) is 25.7. The standard InChI is InChI=1S/C30H37F4NO/c1-29(2)16-22-25(23(17-29)36-3)24(18-8-4-5-9-18)26(28(35-22)20-10-6-7-11-20)27(31)19-12-14-21(15-13-19)30(32,33)34/h12-15,18,20,23,27H,4-11,16-17H2,1-3H3/t23-,27-/m0/s1. The van der Waals surface area contributed by atoms with Gasteiger partial charge in [-0.25, -0.2) is 4.39 Å². The van der Waals surface area contributed by atoms with E-state index in [2.05, 4.69) is 13.8 Å². The summed E-state index contributed by atoms with van der Waals surface area (Å²) in [6, 6.07) is 4.61. The van der Waals surface area contributed by atoms with Crippen molar-refractivity contribution in [2.24, 2.45) is 5.41 Å². The maximum absolute atomic E-state index is 16.7. The Morgan fingerprint density at radius 3 is 2.06 bits per heavy atom. The third kappa shape index (κ3) is 4.82. The smallest absolute Gasteiger partial charge is 0.377 e. The molecule has 1 aromatic heterocycles. The molecule has 2 nitrogen and oxygen atoms in total. The Balaban J connectivity index is 1.72. The highest BCUT2D eigenvalue weighted by Gasteiger charge is 2.41. The van der Waals surface area contributed by atoms with Crippen molar-refractivity contribution in [1.29, 1.82) is 0 Å². The number of halogens is 4. The molecular formula is C30H37F4NO. The quantitative estimate of drug-likeness (QED) is 0.380. The van der Waals surface area contributed by atoms with Crippen LogP contribution in [0.3, 0.4) is 0 Å². The number of hydrogen-bond donors (Lipinski definition) is 0. The van der Waals surface area contributed by atoms with Crippen LogP contribution in [0.4, 0.5) is 17.6 Å². The number of ether oxygens (including phenoxy) is 1. The Hall–Kier alpha value is -1.95. The molecule has 2 fully saturated rings. The van der Waals surface area contributed by atoms with Crippen molar-refractivity contribution in [1.82, 2.24) is 4.98 Å². The monoisotopic (exact) mass is 503 g/mol. The summed E-state index contributed by atoms with van der Waals surface area (Å²) in [6.07, 6.45) is 3.99. The molecule has 0 spiro atoms. The highest BCUT2D eigenvalue weighted by Crippen LogP contribution is 2.52. The molecule has 5 rings (SSSR count). The van der Waals surface area contributed by atoms with Gasteiger partial charge in [-0.3, -0.25) is 4.98 Å². The molecule has 2 saturated carbocycles. The van der Waals surface area contributed by atoms with Gasteiger partial charge in [-0.2, -0.15) is 13.2 Å². The van der Waals surface area contributed by atoms with Crippen LogP contribution in [0, 0.1) is 5.41 Å². The summed E-state index contributed by atoms with van der Waals surface area (Å²) in [6.45, 7) is 4.48. The van der Waals surface area contributed by atoms with Gasteiger partial charge >= 0.3 is 6.18 Å². The molecule has 0 radical (unpaired) electrons. The number of methoxy groups -OCH3 is 1. The Morgan fingerprint density at radius 2 is 1.50 bits per heavy atom. The molecule has 6 heteroatoms. The Morgan fingerprint density at radius 1 is 0.917 bits per heavy atom. The van der Waals surface area contributed by atoms with Gasteiger partial charge in [0.15, 0.2) is 6.17 Å². The molecule has 0 bridgehead atoms. The summed E-state index contributed by atoms with van der Waals surface area (Å²) in [5, 5.41) is 0. The van der Waals surface area contributed by atoms with E-state index in [4.69, 9.17) is 9.72 Å². The lowest BCUT2D eigenvalue weighted by atomic mass is 9.70. The van der Waals surface area contributed by atoms with Crippen LogP contribution in [-0.4, -0.2) is 12.1 Å². The van der Waals surface area contributed by atoms with Crippen molar-refractivity contribution in [2.45, 2.75) is 108 Å². The molecule has 0 amide bonds. The van der Waals surface area contributed by atoms with Gasteiger partial charge in [0.25, 0.3) is 0 Å². The second-order valence-corrected chi connectivity index (χ2v) is 11.9. The van der Waals surface area contributed by atoms with E-state index in [-0.39, 0.29) is 28.9 Å². The second kappa shape index (κ2) is 9.74. The molecule has 36 heavy (non-hydrogen) atoms. The highest BCUT2D eigenvalue weighted by atomic mass is 19.4. The Bertz CT molecular complexity index is 1080. The Labute approximate surface area is 211 Å². The van der Waals surface area contributed by atoms with Gasteiger partial charge in [0.1, 0.15) is 0 Å². The van der Waals surface area contributed by atoms with E-state index in [1.54, 1.807) is 7.11 Å². The molecular weight excluding hydrogens is 466 g/mol.